The Morgan fingerprint density at radius 3 is 2.25 bits per heavy atom. The molecule has 0 fully saturated rings. The van der Waals surface area contributed by atoms with Gasteiger partial charge in [-0.05, 0) is 12.1 Å². The Labute approximate surface area is 92.2 Å². The van der Waals surface area contributed by atoms with Gasteiger partial charge in [0.1, 0.15) is 0 Å². The Morgan fingerprint density at radius 2 is 1.69 bits per heavy atom. The molecule has 0 unspecified atom stereocenters. The second-order valence-corrected chi connectivity index (χ2v) is 3.77. The highest BCUT2D eigenvalue weighted by Gasteiger charge is 2.09. The highest BCUT2D eigenvalue weighted by Crippen LogP contribution is 2.15. The van der Waals surface area contributed by atoms with E-state index < -0.39 is 0 Å². The van der Waals surface area contributed by atoms with E-state index >= 15 is 0 Å². The lowest BCUT2D eigenvalue weighted by Crippen LogP contribution is -2.37. The third kappa shape index (κ3) is 1.41. The fourth-order valence-corrected chi connectivity index (χ4v) is 1.71. The summed E-state index contributed by atoms with van der Waals surface area (Å²) in [6.45, 7) is 0. The Bertz CT molecular complexity index is 646. The molecular weight excluding hydrogens is 206 g/mol. The summed E-state index contributed by atoms with van der Waals surface area (Å²) in [5.74, 6) is 0. The second kappa shape index (κ2) is 3.52. The molecule has 0 radical (unpaired) electrons. The largest absolute Gasteiger partial charge is 0.349 e. The van der Waals surface area contributed by atoms with Gasteiger partial charge in [0.2, 0.25) is 0 Å². The standard InChI is InChI=1S/C11H13N3O2/c1-12-6-4-5-8(12)9-7-10(15)14(3)11(16)13(9)2/h4-7H,1-3H3. The average molecular weight is 219 g/mol. The lowest BCUT2D eigenvalue weighted by Gasteiger charge is -2.09. The Balaban J connectivity index is 2.83. The van der Waals surface area contributed by atoms with Crippen molar-refractivity contribution in [2.24, 2.45) is 21.1 Å². The van der Waals surface area contributed by atoms with Crippen molar-refractivity contribution in [3.63, 3.8) is 0 Å². The van der Waals surface area contributed by atoms with Crippen LogP contribution in [0.2, 0.25) is 0 Å². The van der Waals surface area contributed by atoms with Crippen LogP contribution in [0.3, 0.4) is 0 Å². The van der Waals surface area contributed by atoms with Crippen LogP contribution in [-0.2, 0) is 21.1 Å². The first-order valence-electron chi connectivity index (χ1n) is 4.91. The van der Waals surface area contributed by atoms with Crippen LogP contribution in [0, 0.1) is 0 Å². The summed E-state index contributed by atoms with van der Waals surface area (Å²) in [5.41, 5.74) is 0.862. The van der Waals surface area contributed by atoms with E-state index in [0.29, 0.717) is 5.69 Å². The van der Waals surface area contributed by atoms with Crippen molar-refractivity contribution in [3.05, 3.63) is 45.2 Å². The smallest absolute Gasteiger partial charge is 0.330 e. The summed E-state index contributed by atoms with van der Waals surface area (Å²) in [4.78, 5) is 23.3. The van der Waals surface area contributed by atoms with E-state index in [2.05, 4.69) is 0 Å². The van der Waals surface area contributed by atoms with Crippen LogP contribution in [0.25, 0.3) is 11.4 Å². The minimum absolute atomic E-state index is 0.292. The quantitative estimate of drug-likeness (QED) is 0.682. The molecule has 5 heteroatoms. The van der Waals surface area contributed by atoms with Crippen molar-refractivity contribution in [2.45, 2.75) is 0 Å². The van der Waals surface area contributed by atoms with Gasteiger partial charge in [0.05, 0.1) is 11.4 Å². The minimum atomic E-state index is -0.316. The molecule has 0 aliphatic heterocycles. The first-order valence-corrected chi connectivity index (χ1v) is 4.91. The van der Waals surface area contributed by atoms with Crippen LogP contribution in [0.15, 0.2) is 34.0 Å². The van der Waals surface area contributed by atoms with Crippen molar-refractivity contribution in [2.75, 3.05) is 0 Å². The number of hydrogen-bond acceptors (Lipinski definition) is 2. The fourth-order valence-electron chi connectivity index (χ4n) is 1.71. The highest BCUT2D eigenvalue weighted by atomic mass is 16.2. The van der Waals surface area contributed by atoms with Gasteiger partial charge < -0.3 is 4.57 Å². The predicted molar refractivity (Wildman–Crippen MR) is 61.3 cm³/mol. The molecule has 0 bridgehead atoms. The monoisotopic (exact) mass is 219 g/mol. The van der Waals surface area contributed by atoms with Gasteiger partial charge in [0.25, 0.3) is 5.56 Å². The number of aryl methyl sites for hydroxylation is 1. The molecule has 0 aliphatic carbocycles. The Kier molecular flexibility index (Phi) is 2.30. The van der Waals surface area contributed by atoms with E-state index in [9.17, 15) is 9.59 Å². The molecule has 2 heterocycles. The van der Waals surface area contributed by atoms with Crippen LogP contribution in [0.5, 0.6) is 0 Å². The van der Waals surface area contributed by atoms with Crippen molar-refractivity contribution < 1.29 is 0 Å². The molecule has 5 nitrogen and oxygen atoms in total. The maximum absolute atomic E-state index is 11.7. The Hall–Kier alpha value is -2.04. The van der Waals surface area contributed by atoms with Crippen molar-refractivity contribution in [1.29, 1.82) is 0 Å². The molecule has 0 atom stereocenters. The summed E-state index contributed by atoms with van der Waals surface area (Å²) in [7, 11) is 5.00. The molecular formula is C11H13N3O2. The third-order valence-electron chi connectivity index (χ3n) is 2.73. The van der Waals surface area contributed by atoms with E-state index in [0.717, 1.165) is 10.3 Å². The lowest BCUT2D eigenvalue weighted by molar-refractivity contribution is 0.687. The van der Waals surface area contributed by atoms with Crippen molar-refractivity contribution >= 4 is 0 Å². The van der Waals surface area contributed by atoms with E-state index in [1.54, 1.807) is 7.05 Å². The van der Waals surface area contributed by atoms with Gasteiger partial charge >= 0.3 is 5.69 Å². The molecule has 0 aromatic carbocycles. The molecule has 0 saturated carbocycles. The topological polar surface area (TPSA) is 48.9 Å². The lowest BCUT2D eigenvalue weighted by atomic mass is 10.3. The number of hydrogen-bond donors (Lipinski definition) is 0. The van der Waals surface area contributed by atoms with Gasteiger partial charge in [-0.3, -0.25) is 13.9 Å². The first-order chi connectivity index (χ1) is 7.52. The molecule has 2 rings (SSSR count). The highest BCUT2D eigenvalue weighted by molar-refractivity contribution is 5.55. The number of aromatic nitrogens is 3. The van der Waals surface area contributed by atoms with Crippen LogP contribution in [-0.4, -0.2) is 13.7 Å². The van der Waals surface area contributed by atoms with Gasteiger partial charge in [0.15, 0.2) is 0 Å². The maximum Gasteiger partial charge on any atom is 0.330 e. The molecule has 0 aliphatic rings. The van der Waals surface area contributed by atoms with Crippen LogP contribution >= 0.6 is 0 Å². The minimum Gasteiger partial charge on any atom is -0.349 e. The number of rotatable bonds is 1. The maximum atomic E-state index is 11.7. The normalized spacial score (nSPS) is 10.7. The SMILES string of the molecule is Cn1cccc1-c1cc(=O)n(C)c(=O)n1C. The molecule has 84 valence electrons. The molecule has 0 N–H and O–H groups in total. The van der Waals surface area contributed by atoms with Gasteiger partial charge in [-0.15, -0.1) is 0 Å². The molecule has 0 saturated heterocycles. The molecule has 2 aromatic rings. The average Bonchev–Trinajstić information content (AvgIpc) is 2.67. The zero-order chi connectivity index (χ0) is 11.9. The summed E-state index contributed by atoms with van der Waals surface area (Å²) >= 11 is 0. The van der Waals surface area contributed by atoms with Crippen LogP contribution in [0.4, 0.5) is 0 Å². The molecule has 0 spiro atoms. The summed E-state index contributed by atoms with van der Waals surface area (Å²) in [6.07, 6.45) is 1.87. The van der Waals surface area contributed by atoms with Gasteiger partial charge in [-0.1, -0.05) is 0 Å². The van der Waals surface area contributed by atoms with Crippen molar-refractivity contribution in [3.8, 4) is 11.4 Å². The molecule has 2 aromatic heterocycles. The summed E-state index contributed by atoms with van der Waals surface area (Å²) < 4.78 is 4.43. The van der Waals surface area contributed by atoms with E-state index in [1.165, 1.54) is 17.7 Å². The number of nitrogens with zero attached hydrogens (tertiary/aromatic N) is 3. The van der Waals surface area contributed by atoms with Gasteiger partial charge in [-0.25, -0.2) is 4.79 Å². The van der Waals surface area contributed by atoms with Crippen LogP contribution in [0.1, 0.15) is 0 Å². The van der Waals surface area contributed by atoms with E-state index in [-0.39, 0.29) is 11.2 Å². The Morgan fingerprint density at radius 1 is 1.00 bits per heavy atom. The zero-order valence-corrected chi connectivity index (χ0v) is 9.47. The third-order valence-corrected chi connectivity index (χ3v) is 2.73. The molecule has 0 amide bonds. The van der Waals surface area contributed by atoms with E-state index in [4.69, 9.17) is 0 Å². The van der Waals surface area contributed by atoms with Crippen LogP contribution < -0.4 is 11.2 Å². The van der Waals surface area contributed by atoms with Gasteiger partial charge in [-0.2, -0.15) is 0 Å². The zero-order valence-electron chi connectivity index (χ0n) is 9.47. The van der Waals surface area contributed by atoms with Gasteiger partial charge in [0, 0.05) is 33.4 Å². The van der Waals surface area contributed by atoms with Crippen molar-refractivity contribution in [1.82, 2.24) is 13.7 Å². The fraction of sp³-hybridized carbons (Fsp3) is 0.273. The second-order valence-electron chi connectivity index (χ2n) is 3.77. The van der Waals surface area contributed by atoms with E-state index in [1.807, 2.05) is 29.9 Å². The first kappa shape index (κ1) is 10.5. The predicted octanol–water partition coefficient (Wildman–Crippen LogP) is 0.0895. The summed E-state index contributed by atoms with van der Waals surface area (Å²) in [5, 5.41) is 0. The molecule has 16 heavy (non-hydrogen) atoms. The summed E-state index contributed by atoms with van der Waals surface area (Å²) in [6, 6.07) is 5.21.